The van der Waals surface area contributed by atoms with Crippen LogP contribution >= 0.6 is 0 Å². The van der Waals surface area contributed by atoms with E-state index in [4.69, 9.17) is 0 Å². The highest BCUT2D eigenvalue weighted by Crippen LogP contribution is 2.20. The number of hydrogen-bond donors (Lipinski definition) is 3. The number of aryl methyl sites for hydroxylation is 1. The van der Waals surface area contributed by atoms with Crippen LogP contribution in [0.5, 0.6) is 0 Å². The molecule has 0 aliphatic heterocycles. The summed E-state index contributed by atoms with van der Waals surface area (Å²) in [5.74, 6) is 1.15. The maximum atomic E-state index is 12.4. The van der Waals surface area contributed by atoms with Gasteiger partial charge in [0.1, 0.15) is 12.2 Å². The van der Waals surface area contributed by atoms with Crippen molar-refractivity contribution in [2.75, 3.05) is 5.32 Å². The maximum absolute atomic E-state index is 12.4. The fourth-order valence-corrected chi connectivity index (χ4v) is 2.66. The van der Waals surface area contributed by atoms with E-state index in [1.54, 1.807) is 10.9 Å². The fourth-order valence-electron chi connectivity index (χ4n) is 2.66. The first kappa shape index (κ1) is 16.0. The molecule has 24 heavy (non-hydrogen) atoms. The van der Waals surface area contributed by atoms with Crippen LogP contribution in [0.4, 0.5) is 10.5 Å². The molecule has 8 heteroatoms. The number of aromatic amines is 1. The summed E-state index contributed by atoms with van der Waals surface area (Å²) in [6, 6.07) is 5.12. The van der Waals surface area contributed by atoms with Crippen molar-refractivity contribution in [2.24, 2.45) is 13.0 Å². The van der Waals surface area contributed by atoms with Gasteiger partial charge in [0.05, 0.1) is 17.8 Å². The lowest BCUT2D eigenvalue weighted by molar-refractivity contribution is 0.245. The second-order valence-electron chi connectivity index (χ2n) is 6.19. The number of hydrogen-bond acceptors (Lipinski definition) is 4. The van der Waals surface area contributed by atoms with Crippen molar-refractivity contribution in [3.05, 3.63) is 36.5 Å². The molecule has 2 amide bonds. The maximum Gasteiger partial charge on any atom is 0.319 e. The molecule has 126 valence electrons. The lowest BCUT2D eigenvalue weighted by Gasteiger charge is -2.20. The molecule has 0 saturated heterocycles. The number of urea groups is 1. The molecule has 3 N–H and O–H groups in total. The summed E-state index contributed by atoms with van der Waals surface area (Å²) in [6.07, 6.45) is 4.01. The molecule has 3 rings (SSSR count). The van der Waals surface area contributed by atoms with Crippen molar-refractivity contribution < 1.29 is 4.79 Å². The highest BCUT2D eigenvalue weighted by molar-refractivity contribution is 5.92. The standard InChI is InChI=1S/C16H21N7O/c1-10(2)6-14(15-17-9-19-23(15)3)21-16(24)20-12-5-4-11-8-18-22-13(11)7-12/h4-5,7-10,14H,6H2,1-3H3,(H,18,22)(H2,20,21,24). The summed E-state index contributed by atoms with van der Waals surface area (Å²) >= 11 is 0. The quantitative estimate of drug-likeness (QED) is 0.670. The Balaban J connectivity index is 1.71. The molecule has 0 fully saturated rings. The zero-order valence-electron chi connectivity index (χ0n) is 13.9. The van der Waals surface area contributed by atoms with E-state index in [1.165, 1.54) is 6.33 Å². The number of carbonyl (C=O) groups excluding carboxylic acids is 1. The van der Waals surface area contributed by atoms with Crippen molar-refractivity contribution in [1.82, 2.24) is 30.3 Å². The van der Waals surface area contributed by atoms with E-state index in [-0.39, 0.29) is 12.1 Å². The highest BCUT2D eigenvalue weighted by atomic mass is 16.2. The van der Waals surface area contributed by atoms with Gasteiger partial charge in [-0.15, -0.1) is 0 Å². The Morgan fingerprint density at radius 3 is 2.92 bits per heavy atom. The van der Waals surface area contributed by atoms with Crippen LogP contribution in [0.25, 0.3) is 10.9 Å². The number of amides is 2. The molecule has 8 nitrogen and oxygen atoms in total. The van der Waals surface area contributed by atoms with Gasteiger partial charge in [0.2, 0.25) is 0 Å². The van der Waals surface area contributed by atoms with E-state index in [1.807, 2.05) is 25.2 Å². The second kappa shape index (κ2) is 6.69. The third-order valence-electron chi connectivity index (χ3n) is 3.77. The molecule has 0 aliphatic carbocycles. The van der Waals surface area contributed by atoms with Crippen molar-refractivity contribution in [2.45, 2.75) is 26.3 Å². The number of nitrogens with zero attached hydrogens (tertiary/aromatic N) is 4. The summed E-state index contributed by atoms with van der Waals surface area (Å²) in [6.45, 7) is 4.21. The number of fused-ring (bicyclic) bond motifs is 1. The number of rotatable bonds is 5. The Labute approximate surface area is 139 Å². The largest absolute Gasteiger partial charge is 0.328 e. The minimum atomic E-state index is -0.275. The van der Waals surface area contributed by atoms with Gasteiger partial charge in [0.15, 0.2) is 0 Å². The zero-order chi connectivity index (χ0) is 17.1. The number of aromatic nitrogens is 5. The molecule has 1 aromatic carbocycles. The third kappa shape index (κ3) is 3.53. The molecule has 0 saturated carbocycles. The Kier molecular flexibility index (Phi) is 4.45. The van der Waals surface area contributed by atoms with Gasteiger partial charge in [-0.2, -0.15) is 10.2 Å². The van der Waals surface area contributed by atoms with Gasteiger partial charge in [-0.3, -0.25) is 9.78 Å². The van der Waals surface area contributed by atoms with Crippen molar-refractivity contribution in [3.8, 4) is 0 Å². The van der Waals surface area contributed by atoms with Crippen LogP contribution < -0.4 is 10.6 Å². The predicted molar refractivity (Wildman–Crippen MR) is 91.4 cm³/mol. The second-order valence-corrected chi connectivity index (χ2v) is 6.19. The molecule has 1 atom stereocenters. The first-order valence-corrected chi connectivity index (χ1v) is 7.87. The molecular formula is C16H21N7O. The molecular weight excluding hydrogens is 306 g/mol. The first-order valence-electron chi connectivity index (χ1n) is 7.87. The SMILES string of the molecule is CC(C)CC(NC(=O)Nc1ccc2cn[nH]c2c1)c1ncnn1C. The summed E-state index contributed by atoms with van der Waals surface area (Å²) < 4.78 is 1.68. The molecule has 3 aromatic rings. The Morgan fingerprint density at radius 1 is 1.38 bits per heavy atom. The Morgan fingerprint density at radius 2 is 2.21 bits per heavy atom. The van der Waals surface area contributed by atoms with Gasteiger partial charge < -0.3 is 10.6 Å². The van der Waals surface area contributed by atoms with Crippen LogP contribution in [0.15, 0.2) is 30.7 Å². The third-order valence-corrected chi connectivity index (χ3v) is 3.77. The highest BCUT2D eigenvalue weighted by Gasteiger charge is 2.20. The van der Waals surface area contributed by atoms with Crippen LogP contribution in [-0.4, -0.2) is 31.0 Å². The number of nitrogens with one attached hydrogen (secondary N) is 3. The van der Waals surface area contributed by atoms with Gasteiger partial charge in [0, 0.05) is 18.1 Å². The van der Waals surface area contributed by atoms with E-state index in [0.29, 0.717) is 11.6 Å². The van der Waals surface area contributed by atoms with Crippen molar-refractivity contribution >= 4 is 22.6 Å². The summed E-state index contributed by atoms with van der Waals surface area (Å²) in [4.78, 5) is 16.6. The number of anilines is 1. The van der Waals surface area contributed by atoms with Gasteiger partial charge in [-0.25, -0.2) is 9.78 Å². The van der Waals surface area contributed by atoms with Gasteiger partial charge >= 0.3 is 6.03 Å². The van der Waals surface area contributed by atoms with Crippen LogP contribution in [0.1, 0.15) is 32.1 Å². The fraction of sp³-hybridized carbons (Fsp3) is 0.375. The molecule has 0 aliphatic rings. The van der Waals surface area contributed by atoms with Crippen LogP contribution in [0.3, 0.4) is 0 Å². The molecule has 1 unspecified atom stereocenters. The van der Waals surface area contributed by atoms with E-state index in [2.05, 4.69) is 44.8 Å². The molecule has 0 bridgehead atoms. The van der Waals surface area contributed by atoms with Gasteiger partial charge in [-0.1, -0.05) is 13.8 Å². The minimum Gasteiger partial charge on any atom is -0.328 e. The first-order chi connectivity index (χ1) is 11.5. The minimum absolute atomic E-state index is 0.201. The Hall–Kier alpha value is -2.90. The Bertz CT molecular complexity index is 836. The van der Waals surface area contributed by atoms with Crippen molar-refractivity contribution in [1.29, 1.82) is 0 Å². The summed E-state index contributed by atoms with van der Waals surface area (Å²) in [5.41, 5.74) is 1.57. The topological polar surface area (TPSA) is 101 Å². The van der Waals surface area contributed by atoms with Gasteiger partial charge in [0.25, 0.3) is 0 Å². The number of benzene rings is 1. The van der Waals surface area contributed by atoms with E-state index in [0.717, 1.165) is 23.1 Å². The average molecular weight is 327 g/mol. The monoisotopic (exact) mass is 327 g/mol. The molecule has 0 spiro atoms. The van der Waals surface area contributed by atoms with Gasteiger partial charge in [-0.05, 0) is 30.5 Å². The van der Waals surface area contributed by atoms with E-state index >= 15 is 0 Å². The average Bonchev–Trinajstić information content (AvgIpc) is 3.14. The van der Waals surface area contributed by atoms with E-state index < -0.39 is 0 Å². The van der Waals surface area contributed by atoms with Crippen LogP contribution in [-0.2, 0) is 7.05 Å². The number of H-pyrrole nitrogens is 1. The molecule has 2 aromatic heterocycles. The number of carbonyl (C=O) groups is 1. The van der Waals surface area contributed by atoms with Crippen molar-refractivity contribution in [3.63, 3.8) is 0 Å². The summed E-state index contributed by atoms with van der Waals surface area (Å²) in [7, 11) is 1.82. The lowest BCUT2D eigenvalue weighted by Crippen LogP contribution is -2.34. The predicted octanol–water partition coefficient (Wildman–Crippen LogP) is 2.60. The summed E-state index contributed by atoms with van der Waals surface area (Å²) in [5, 5.41) is 17.8. The smallest absolute Gasteiger partial charge is 0.319 e. The lowest BCUT2D eigenvalue weighted by atomic mass is 10.0. The van der Waals surface area contributed by atoms with Crippen LogP contribution in [0, 0.1) is 5.92 Å². The normalized spacial score (nSPS) is 12.5. The molecule has 2 heterocycles. The van der Waals surface area contributed by atoms with Crippen LogP contribution in [0.2, 0.25) is 0 Å². The zero-order valence-corrected chi connectivity index (χ0v) is 13.9. The van der Waals surface area contributed by atoms with E-state index in [9.17, 15) is 4.79 Å². The molecule has 0 radical (unpaired) electrons.